The standard InChI is InChI=1S/C17H27NO/c1-2-15-9-6-10-17(13-15)19-12-11-18-14-16-7-4-3-5-8-16/h6,9-10,13,16,18H,2-5,7-8,11-12,14H2,1H3. The SMILES string of the molecule is CCc1cccc(OCCNCC2CCCCC2)c1. The average Bonchev–Trinajstić information content (AvgIpc) is 2.48. The molecular formula is C17H27NO. The van der Waals surface area contributed by atoms with Crippen molar-refractivity contribution in [2.24, 2.45) is 5.92 Å². The van der Waals surface area contributed by atoms with E-state index in [2.05, 4.69) is 30.4 Å². The van der Waals surface area contributed by atoms with Crippen molar-refractivity contribution in [2.45, 2.75) is 45.4 Å². The second-order valence-electron chi connectivity index (χ2n) is 5.56. The summed E-state index contributed by atoms with van der Waals surface area (Å²) in [6.45, 7) is 5.05. The molecule has 0 aromatic heterocycles. The highest BCUT2D eigenvalue weighted by atomic mass is 16.5. The average molecular weight is 261 g/mol. The van der Waals surface area contributed by atoms with Crippen molar-refractivity contribution in [1.29, 1.82) is 0 Å². The maximum Gasteiger partial charge on any atom is 0.119 e. The van der Waals surface area contributed by atoms with Gasteiger partial charge in [0.25, 0.3) is 0 Å². The molecule has 2 rings (SSSR count). The molecule has 0 saturated heterocycles. The Hall–Kier alpha value is -1.02. The molecule has 0 bridgehead atoms. The molecule has 106 valence electrons. The van der Waals surface area contributed by atoms with Gasteiger partial charge in [-0.05, 0) is 49.4 Å². The highest BCUT2D eigenvalue weighted by Crippen LogP contribution is 2.22. The third-order valence-corrected chi connectivity index (χ3v) is 4.01. The van der Waals surface area contributed by atoms with Crippen LogP contribution in [0.2, 0.25) is 0 Å². The van der Waals surface area contributed by atoms with E-state index in [1.807, 2.05) is 6.07 Å². The van der Waals surface area contributed by atoms with E-state index in [-0.39, 0.29) is 0 Å². The van der Waals surface area contributed by atoms with Crippen LogP contribution in [0.25, 0.3) is 0 Å². The maximum absolute atomic E-state index is 5.78. The fourth-order valence-corrected chi connectivity index (χ4v) is 2.79. The van der Waals surface area contributed by atoms with Crippen LogP contribution in [-0.4, -0.2) is 19.7 Å². The van der Waals surface area contributed by atoms with Gasteiger partial charge in [-0.15, -0.1) is 0 Å². The molecule has 1 aromatic carbocycles. The number of nitrogens with one attached hydrogen (secondary N) is 1. The maximum atomic E-state index is 5.78. The quantitative estimate of drug-likeness (QED) is 0.754. The van der Waals surface area contributed by atoms with Crippen LogP contribution >= 0.6 is 0 Å². The van der Waals surface area contributed by atoms with E-state index in [1.54, 1.807) is 0 Å². The van der Waals surface area contributed by atoms with Gasteiger partial charge < -0.3 is 10.1 Å². The molecule has 1 aliphatic carbocycles. The van der Waals surface area contributed by atoms with E-state index in [4.69, 9.17) is 4.74 Å². The van der Waals surface area contributed by atoms with Gasteiger partial charge in [0.15, 0.2) is 0 Å². The first-order valence-electron chi connectivity index (χ1n) is 7.81. The van der Waals surface area contributed by atoms with Gasteiger partial charge in [-0.25, -0.2) is 0 Å². The molecule has 0 spiro atoms. The zero-order valence-corrected chi connectivity index (χ0v) is 12.2. The van der Waals surface area contributed by atoms with E-state index in [0.717, 1.165) is 31.2 Å². The first kappa shape index (κ1) is 14.4. The summed E-state index contributed by atoms with van der Waals surface area (Å²) in [5.74, 6) is 1.90. The minimum atomic E-state index is 0.764. The topological polar surface area (TPSA) is 21.3 Å². The molecule has 1 aliphatic rings. The molecule has 2 heteroatoms. The first-order valence-corrected chi connectivity index (χ1v) is 7.81. The molecule has 0 unspecified atom stereocenters. The van der Waals surface area contributed by atoms with Crippen LogP contribution in [0.5, 0.6) is 5.75 Å². The van der Waals surface area contributed by atoms with Crippen LogP contribution < -0.4 is 10.1 Å². The Morgan fingerprint density at radius 1 is 1.21 bits per heavy atom. The Morgan fingerprint density at radius 2 is 2.05 bits per heavy atom. The Balaban J connectivity index is 1.58. The van der Waals surface area contributed by atoms with Crippen molar-refractivity contribution in [3.63, 3.8) is 0 Å². The number of rotatable bonds is 7. The summed E-state index contributed by atoms with van der Waals surface area (Å²) in [6, 6.07) is 8.40. The fourth-order valence-electron chi connectivity index (χ4n) is 2.79. The molecule has 1 fully saturated rings. The number of hydrogen-bond acceptors (Lipinski definition) is 2. The summed E-state index contributed by atoms with van der Waals surface area (Å²) < 4.78 is 5.78. The largest absolute Gasteiger partial charge is 0.492 e. The van der Waals surface area contributed by atoms with Gasteiger partial charge in [0.2, 0.25) is 0 Å². The molecule has 1 N–H and O–H groups in total. The fraction of sp³-hybridized carbons (Fsp3) is 0.647. The van der Waals surface area contributed by atoms with Crippen molar-refractivity contribution in [1.82, 2.24) is 5.32 Å². The van der Waals surface area contributed by atoms with Gasteiger partial charge in [-0.2, -0.15) is 0 Å². The summed E-state index contributed by atoms with van der Waals surface area (Å²) in [5.41, 5.74) is 1.34. The molecule has 1 saturated carbocycles. The summed E-state index contributed by atoms with van der Waals surface area (Å²) in [5, 5.41) is 3.53. The lowest BCUT2D eigenvalue weighted by Gasteiger charge is -2.21. The van der Waals surface area contributed by atoms with E-state index < -0.39 is 0 Å². The van der Waals surface area contributed by atoms with Crippen LogP contribution in [0.3, 0.4) is 0 Å². The lowest BCUT2D eigenvalue weighted by molar-refractivity contribution is 0.294. The van der Waals surface area contributed by atoms with E-state index in [0.29, 0.717) is 0 Å². The van der Waals surface area contributed by atoms with E-state index >= 15 is 0 Å². The van der Waals surface area contributed by atoms with Crippen molar-refractivity contribution in [3.05, 3.63) is 29.8 Å². The van der Waals surface area contributed by atoms with Crippen molar-refractivity contribution >= 4 is 0 Å². The Labute approximate surface area is 117 Å². The number of hydrogen-bond donors (Lipinski definition) is 1. The monoisotopic (exact) mass is 261 g/mol. The number of benzene rings is 1. The second-order valence-corrected chi connectivity index (χ2v) is 5.56. The first-order chi connectivity index (χ1) is 9.38. The van der Waals surface area contributed by atoms with Gasteiger partial charge in [0.05, 0.1) is 0 Å². The van der Waals surface area contributed by atoms with Crippen LogP contribution in [-0.2, 0) is 6.42 Å². The van der Waals surface area contributed by atoms with Crippen LogP contribution in [0.4, 0.5) is 0 Å². The zero-order valence-electron chi connectivity index (χ0n) is 12.2. The number of aryl methyl sites for hydroxylation is 1. The number of ether oxygens (including phenoxy) is 1. The van der Waals surface area contributed by atoms with Crippen LogP contribution in [0.15, 0.2) is 24.3 Å². The van der Waals surface area contributed by atoms with Crippen molar-refractivity contribution in [3.8, 4) is 5.75 Å². The molecule has 0 heterocycles. The molecule has 0 atom stereocenters. The molecular weight excluding hydrogens is 234 g/mol. The van der Waals surface area contributed by atoms with Gasteiger partial charge in [-0.1, -0.05) is 38.3 Å². The summed E-state index contributed by atoms with van der Waals surface area (Å²) in [7, 11) is 0. The Bertz CT molecular complexity index is 358. The molecule has 0 amide bonds. The van der Waals surface area contributed by atoms with Crippen LogP contribution in [0.1, 0.15) is 44.6 Å². The molecule has 0 radical (unpaired) electrons. The molecule has 1 aromatic rings. The minimum Gasteiger partial charge on any atom is -0.492 e. The van der Waals surface area contributed by atoms with Crippen LogP contribution in [0, 0.1) is 5.92 Å². The second kappa shape index (κ2) is 8.21. The summed E-state index contributed by atoms with van der Waals surface area (Å²) >= 11 is 0. The van der Waals surface area contributed by atoms with Gasteiger partial charge in [0, 0.05) is 6.54 Å². The predicted molar refractivity (Wildman–Crippen MR) is 80.8 cm³/mol. The summed E-state index contributed by atoms with van der Waals surface area (Å²) in [4.78, 5) is 0. The molecule has 2 nitrogen and oxygen atoms in total. The highest BCUT2D eigenvalue weighted by molar-refractivity contribution is 5.28. The lowest BCUT2D eigenvalue weighted by Crippen LogP contribution is -2.28. The van der Waals surface area contributed by atoms with Crippen molar-refractivity contribution in [2.75, 3.05) is 19.7 Å². The summed E-state index contributed by atoms with van der Waals surface area (Å²) in [6.07, 6.45) is 8.17. The van der Waals surface area contributed by atoms with Gasteiger partial charge in [-0.3, -0.25) is 0 Å². The third-order valence-electron chi connectivity index (χ3n) is 4.01. The van der Waals surface area contributed by atoms with Crippen molar-refractivity contribution < 1.29 is 4.74 Å². The zero-order chi connectivity index (χ0) is 13.3. The lowest BCUT2D eigenvalue weighted by atomic mass is 9.89. The normalized spacial score (nSPS) is 16.5. The van der Waals surface area contributed by atoms with Gasteiger partial charge >= 0.3 is 0 Å². The third kappa shape index (κ3) is 5.23. The van der Waals surface area contributed by atoms with E-state index in [9.17, 15) is 0 Å². The van der Waals surface area contributed by atoms with E-state index in [1.165, 1.54) is 44.2 Å². The Morgan fingerprint density at radius 3 is 2.84 bits per heavy atom. The molecule has 19 heavy (non-hydrogen) atoms. The molecule has 0 aliphatic heterocycles. The predicted octanol–water partition coefficient (Wildman–Crippen LogP) is 3.80. The minimum absolute atomic E-state index is 0.764. The highest BCUT2D eigenvalue weighted by Gasteiger charge is 2.12. The Kier molecular flexibility index (Phi) is 6.22. The smallest absolute Gasteiger partial charge is 0.119 e. The van der Waals surface area contributed by atoms with Gasteiger partial charge in [0.1, 0.15) is 12.4 Å².